The first-order chi connectivity index (χ1) is 5.61. The largest absolute Gasteiger partial charge is 0.478 e. The topological polar surface area (TPSA) is 84.3 Å². The fourth-order valence-corrected chi connectivity index (χ4v) is 0.956. The monoisotopic (exact) mass is 188 g/mol. The van der Waals surface area contributed by atoms with Gasteiger partial charge in [0.1, 0.15) is 0 Å². The molecule has 0 amide bonds. The normalized spacial score (nSPS) is 13.3. The maximum Gasteiger partial charge on any atom is 0.331 e. The van der Waals surface area contributed by atoms with Gasteiger partial charge >= 0.3 is 5.97 Å². The van der Waals surface area contributed by atoms with Crippen molar-refractivity contribution in [2.75, 3.05) is 6.54 Å². The Morgan fingerprint density at radius 1 is 1.54 bits per heavy atom. The minimum absolute atomic E-state index is 0. The van der Waals surface area contributed by atoms with E-state index < -0.39 is 5.97 Å². The lowest BCUT2D eigenvalue weighted by Crippen LogP contribution is -2.26. The van der Waals surface area contributed by atoms with Gasteiger partial charge in [0, 0.05) is 11.6 Å². The number of hydrogen-bond donors (Lipinski definition) is 3. The molecule has 0 radical (unpaired) electrons. The number of aliphatic carboxylic acids is 1. The second-order valence-corrected chi connectivity index (χ2v) is 2.73. The molecule has 0 aromatic rings. The summed E-state index contributed by atoms with van der Waals surface area (Å²) in [4.78, 5) is 10.5. The van der Waals surface area contributed by atoms with Crippen LogP contribution in [0.4, 0.5) is 0 Å². The van der Waals surface area contributed by atoms with E-state index in [1.807, 2.05) is 13.8 Å². The fraction of sp³-hybridized carbons (Fsp3) is 0.667. The molecule has 0 saturated carbocycles. The van der Waals surface area contributed by atoms with E-state index in [1.54, 1.807) is 13.0 Å². The Morgan fingerprint density at radius 2 is 2.08 bits per heavy atom. The van der Waals surface area contributed by atoms with Gasteiger partial charge in [0.25, 0.3) is 0 Å². The lowest BCUT2D eigenvalue weighted by Gasteiger charge is -2.10. The minimum Gasteiger partial charge on any atom is -0.478 e. The third kappa shape index (κ3) is 6.31. The van der Waals surface area contributed by atoms with Crippen molar-refractivity contribution in [2.24, 2.45) is 0 Å². The number of carboxylic acids is 1. The van der Waals surface area contributed by atoms with Gasteiger partial charge in [0.05, 0.1) is 0 Å². The molecule has 0 rings (SSSR count). The molecule has 0 aliphatic rings. The molecule has 0 aromatic heterocycles. The van der Waals surface area contributed by atoms with Crippen molar-refractivity contribution < 1.29 is 9.90 Å². The number of rotatable bonds is 5. The van der Waals surface area contributed by atoms with Gasteiger partial charge in [-0.05, 0) is 19.9 Å². The second kappa shape index (κ2) is 7.76. The van der Waals surface area contributed by atoms with E-state index in [9.17, 15) is 4.79 Å². The van der Waals surface area contributed by atoms with Crippen molar-refractivity contribution in [1.82, 2.24) is 11.5 Å². The zero-order valence-electron chi connectivity index (χ0n) is 8.63. The van der Waals surface area contributed by atoms with Crippen LogP contribution in [0.25, 0.3) is 0 Å². The summed E-state index contributed by atoms with van der Waals surface area (Å²) in [6.07, 6.45) is 2.67. The predicted molar refractivity (Wildman–Crippen MR) is 54.2 cm³/mol. The molecule has 5 N–H and O–H groups in total. The molecule has 0 bridgehead atoms. The number of hydrogen-bond acceptors (Lipinski definition) is 3. The summed E-state index contributed by atoms with van der Waals surface area (Å²) < 4.78 is 0. The molecular weight excluding hydrogens is 168 g/mol. The lowest BCUT2D eigenvalue weighted by molar-refractivity contribution is -0.132. The highest BCUT2D eigenvalue weighted by Gasteiger charge is 2.04. The average molecular weight is 188 g/mol. The maximum absolute atomic E-state index is 10.5. The van der Waals surface area contributed by atoms with E-state index in [2.05, 4.69) is 5.32 Å². The highest BCUT2D eigenvalue weighted by molar-refractivity contribution is 5.85. The molecule has 1 atom stereocenters. The quantitative estimate of drug-likeness (QED) is 0.572. The molecule has 0 aliphatic carbocycles. The number of carboxylic acid groups (broad SMARTS) is 1. The summed E-state index contributed by atoms with van der Waals surface area (Å²) in [5, 5.41) is 11.8. The molecule has 78 valence electrons. The van der Waals surface area contributed by atoms with Gasteiger partial charge in [-0.3, -0.25) is 0 Å². The van der Waals surface area contributed by atoms with Gasteiger partial charge in [-0.25, -0.2) is 4.79 Å². The standard InChI is InChI=1S/C9H17NO2.H3N/c1-4-8(10-5-2)6-7(3)9(11)12;/h6,8,10H,4-5H2,1-3H3,(H,11,12);1H3. The van der Waals surface area contributed by atoms with Gasteiger partial charge in [-0.1, -0.05) is 19.9 Å². The first-order valence-electron chi connectivity index (χ1n) is 4.26. The summed E-state index contributed by atoms with van der Waals surface area (Å²) >= 11 is 0. The molecule has 0 aliphatic heterocycles. The van der Waals surface area contributed by atoms with E-state index in [-0.39, 0.29) is 12.2 Å². The Labute approximate surface area is 79.6 Å². The number of nitrogens with one attached hydrogen (secondary N) is 1. The summed E-state index contributed by atoms with van der Waals surface area (Å²) in [7, 11) is 0. The lowest BCUT2D eigenvalue weighted by atomic mass is 10.1. The van der Waals surface area contributed by atoms with Crippen LogP contribution in [0, 0.1) is 0 Å². The molecule has 1 unspecified atom stereocenters. The van der Waals surface area contributed by atoms with Gasteiger partial charge in [-0.2, -0.15) is 0 Å². The van der Waals surface area contributed by atoms with E-state index in [0.29, 0.717) is 5.57 Å². The summed E-state index contributed by atoms with van der Waals surface area (Å²) in [6.45, 7) is 6.51. The van der Waals surface area contributed by atoms with E-state index in [1.165, 1.54) is 0 Å². The Kier molecular flexibility index (Phi) is 8.74. The van der Waals surface area contributed by atoms with Gasteiger partial charge in [-0.15, -0.1) is 0 Å². The van der Waals surface area contributed by atoms with Crippen molar-refractivity contribution in [3.8, 4) is 0 Å². The third-order valence-corrected chi connectivity index (χ3v) is 1.69. The van der Waals surface area contributed by atoms with Crippen molar-refractivity contribution in [2.45, 2.75) is 33.2 Å². The first-order valence-corrected chi connectivity index (χ1v) is 4.26. The molecule has 0 saturated heterocycles. The third-order valence-electron chi connectivity index (χ3n) is 1.69. The zero-order chi connectivity index (χ0) is 9.56. The maximum atomic E-state index is 10.5. The molecule has 0 aromatic carbocycles. The highest BCUT2D eigenvalue weighted by atomic mass is 16.4. The van der Waals surface area contributed by atoms with Crippen LogP contribution in [0.5, 0.6) is 0 Å². The van der Waals surface area contributed by atoms with Crippen molar-refractivity contribution in [3.05, 3.63) is 11.6 Å². The Hall–Kier alpha value is -0.870. The fourth-order valence-electron chi connectivity index (χ4n) is 0.956. The van der Waals surface area contributed by atoms with Crippen LogP contribution in [-0.4, -0.2) is 23.7 Å². The summed E-state index contributed by atoms with van der Waals surface area (Å²) in [5.74, 6) is -0.841. The SMILES string of the molecule is CCNC(C=C(C)C(=O)O)CC.N. The van der Waals surface area contributed by atoms with Crippen LogP contribution >= 0.6 is 0 Å². The van der Waals surface area contributed by atoms with Crippen LogP contribution < -0.4 is 11.5 Å². The Morgan fingerprint density at radius 3 is 2.38 bits per heavy atom. The number of carbonyl (C=O) groups is 1. The Balaban J connectivity index is 0. The summed E-state index contributed by atoms with van der Waals surface area (Å²) in [5.41, 5.74) is 0.405. The summed E-state index contributed by atoms with van der Waals surface area (Å²) in [6, 6.07) is 0.186. The van der Waals surface area contributed by atoms with E-state index in [0.717, 1.165) is 13.0 Å². The molecule has 0 spiro atoms. The van der Waals surface area contributed by atoms with Gasteiger partial charge in [0.2, 0.25) is 0 Å². The predicted octanol–water partition coefficient (Wildman–Crippen LogP) is 1.57. The van der Waals surface area contributed by atoms with Crippen LogP contribution in [-0.2, 0) is 4.79 Å². The molecule has 0 heterocycles. The van der Waals surface area contributed by atoms with Crippen LogP contribution in [0.3, 0.4) is 0 Å². The average Bonchev–Trinajstić information content (AvgIpc) is 2.03. The minimum atomic E-state index is -0.841. The second-order valence-electron chi connectivity index (χ2n) is 2.73. The Bertz CT molecular complexity index is 178. The number of likely N-dealkylation sites (N-methyl/N-ethyl adjacent to an activating group) is 1. The molecule has 4 heteroatoms. The van der Waals surface area contributed by atoms with Crippen molar-refractivity contribution >= 4 is 5.97 Å². The van der Waals surface area contributed by atoms with Crippen molar-refractivity contribution in [1.29, 1.82) is 0 Å². The van der Waals surface area contributed by atoms with Gasteiger partial charge < -0.3 is 16.6 Å². The molecule has 13 heavy (non-hydrogen) atoms. The molecule has 0 fully saturated rings. The molecule has 4 nitrogen and oxygen atoms in total. The van der Waals surface area contributed by atoms with Crippen LogP contribution in [0.15, 0.2) is 11.6 Å². The zero-order valence-corrected chi connectivity index (χ0v) is 8.63. The van der Waals surface area contributed by atoms with Crippen molar-refractivity contribution in [3.63, 3.8) is 0 Å². The van der Waals surface area contributed by atoms with E-state index >= 15 is 0 Å². The van der Waals surface area contributed by atoms with Crippen LogP contribution in [0.2, 0.25) is 0 Å². The molecular formula is C9H20N2O2. The first kappa shape index (κ1) is 14.6. The van der Waals surface area contributed by atoms with Crippen LogP contribution in [0.1, 0.15) is 27.2 Å². The highest BCUT2D eigenvalue weighted by Crippen LogP contribution is 1.99. The van der Waals surface area contributed by atoms with E-state index in [4.69, 9.17) is 5.11 Å². The van der Waals surface area contributed by atoms with Gasteiger partial charge in [0.15, 0.2) is 0 Å². The smallest absolute Gasteiger partial charge is 0.331 e.